The lowest BCUT2D eigenvalue weighted by molar-refractivity contribution is -0.137. The van der Waals surface area contributed by atoms with E-state index in [-0.39, 0.29) is 24.5 Å². The highest BCUT2D eigenvalue weighted by Gasteiger charge is 2.33. The van der Waals surface area contributed by atoms with E-state index in [1.165, 1.54) is 21.7 Å². The topological polar surface area (TPSA) is 81.2 Å². The van der Waals surface area contributed by atoms with Crippen molar-refractivity contribution in [1.82, 2.24) is 14.7 Å². The number of aromatic nitrogens is 2. The lowest BCUT2D eigenvalue weighted by atomic mass is 10.1. The largest absolute Gasteiger partial charge is 0.416 e. The normalized spacial score (nSPS) is 13.1. The molecule has 4 rings (SSSR count). The maximum Gasteiger partial charge on any atom is 0.416 e. The molecule has 9 heteroatoms. The number of carbonyl (C=O) groups is 2. The SMILES string of the molecule is NC(=O)CN(Cc1ccccc1)C(=O)c1nn(-c2cccc(C(F)(F)F)c2)c2c1CCC2. The van der Waals surface area contributed by atoms with E-state index in [2.05, 4.69) is 5.10 Å². The molecule has 3 aromatic rings. The first-order chi connectivity index (χ1) is 15.2. The second kappa shape index (κ2) is 8.49. The maximum absolute atomic E-state index is 13.4. The standard InChI is InChI=1S/C23H21F3N4O2/c24-23(25,26)16-8-4-9-17(12-16)30-19-11-5-10-18(19)21(28-30)22(32)29(14-20(27)31)13-15-6-2-1-3-7-15/h1-4,6-9,12H,5,10-11,13-14H2,(H2,27,31). The van der Waals surface area contributed by atoms with Gasteiger partial charge in [0.15, 0.2) is 5.69 Å². The molecule has 2 N–H and O–H groups in total. The van der Waals surface area contributed by atoms with Crippen molar-refractivity contribution in [1.29, 1.82) is 0 Å². The average Bonchev–Trinajstić information content (AvgIpc) is 3.35. The second-order valence-corrected chi connectivity index (χ2v) is 7.70. The van der Waals surface area contributed by atoms with Gasteiger partial charge in [-0.25, -0.2) is 4.68 Å². The Balaban J connectivity index is 1.72. The summed E-state index contributed by atoms with van der Waals surface area (Å²) in [4.78, 5) is 26.3. The Kier molecular flexibility index (Phi) is 5.73. The summed E-state index contributed by atoms with van der Waals surface area (Å²) in [6, 6.07) is 14.0. The summed E-state index contributed by atoms with van der Waals surface area (Å²) >= 11 is 0. The van der Waals surface area contributed by atoms with Gasteiger partial charge in [0, 0.05) is 17.8 Å². The molecule has 2 amide bonds. The zero-order valence-electron chi connectivity index (χ0n) is 17.1. The van der Waals surface area contributed by atoms with Gasteiger partial charge >= 0.3 is 6.18 Å². The first kappa shape index (κ1) is 21.6. The van der Waals surface area contributed by atoms with Gasteiger partial charge in [0.25, 0.3) is 5.91 Å². The fraction of sp³-hybridized carbons (Fsp3) is 0.261. The van der Waals surface area contributed by atoms with E-state index in [1.807, 2.05) is 30.3 Å². The number of carbonyl (C=O) groups excluding carboxylic acids is 2. The van der Waals surface area contributed by atoms with Crippen molar-refractivity contribution in [2.75, 3.05) is 6.54 Å². The number of nitrogens with two attached hydrogens (primary N) is 1. The van der Waals surface area contributed by atoms with Crippen molar-refractivity contribution in [2.24, 2.45) is 5.73 Å². The lowest BCUT2D eigenvalue weighted by Gasteiger charge is -2.21. The third-order valence-corrected chi connectivity index (χ3v) is 5.40. The van der Waals surface area contributed by atoms with Crippen LogP contribution in [0.3, 0.4) is 0 Å². The van der Waals surface area contributed by atoms with E-state index in [0.717, 1.165) is 24.1 Å². The fourth-order valence-electron chi connectivity index (χ4n) is 3.98. The molecule has 0 bridgehead atoms. The Labute approximate surface area is 182 Å². The van der Waals surface area contributed by atoms with Crippen molar-refractivity contribution in [2.45, 2.75) is 32.0 Å². The van der Waals surface area contributed by atoms with Gasteiger partial charge in [-0.15, -0.1) is 0 Å². The van der Waals surface area contributed by atoms with Crippen LogP contribution < -0.4 is 5.73 Å². The molecule has 6 nitrogen and oxygen atoms in total. The lowest BCUT2D eigenvalue weighted by Crippen LogP contribution is -2.38. The second-order valence-electron chi connectivity index (χ2n) is 7.70. The molecule has 32 heavy (non-hydrogen) atoms. The van der Waals surface area contributed by atoms with Crippen LogP contribution >= 0.6 is 0 Å². The predicted molar refractivity (Wildman–Crippen MR) is 111 cm³/mol. The van der Waals surface area contributed by atoms with Crippen molar-refractivity contribution < 1.29 is 22.8 Å². The van der Waals surface area contributed by atoms with Gasteiger partial charge in [-0.05, 0) is 43.0 Å². The Hall–Kier alpha value is -3.62. The minimum absolute atomic E-state index is 0.145. The summed E-state index contributed by atoms with van der Waals surface area (Å²) in [5, 5.41) is 4.40. The Morgan fingerprint density at radius 2 is 1.81 bits per heavy atom. The summed E-state index contributed by atoms with van der Waals surface area (Å²) < 4.78 is 41.0. The number of hydrogen-bond acceptors (Lipinski definition) is 3. The molecule has 0 radical (unpaired) electrons. The number of nitrogens with zero attached hydrogens (tertiary/aromatic N) is 3. The number of primary amides is 1. The van der Waals surface area contributed by atoms with E-state index < -0.39 is 23.6 Å². The summed E-state index contributed by atoms with van der Waals surface area (Å²) in [7, 11) is 0. The van der Waals surface area contributed by atoms with Gasteiger partial charge in [-0.3, -0.25) is 9.59 Å². The van der Waals surface area contributed by atoms with Crippen LogP contribution in [0.2, 0.25) is 0 Å². The number of rotatable bonds is 6. The van der Waals surface area contributed by atoms with E-state index in [4.69, 9.17) is 5.73 Å². The molecule has 1 aliphatic rings. The van der Waals surface area contributed by atoms with Gasteiger partial charge in [0.05, 0.1) is 11.3 Å². The third-order valence-electron chi connectivity index (χ3n) is 5.40. The zero-order valence-corrected chi connectivity index (χ0v) is 17.1. The Bertz CT molecular complexity index is 1160. The quantitative estimate of drug-likeness (QED) is 0.634. The van der Waals surface area contributed by atoms with Gasteiger partial charge in [-0.1, -0.05) is 36.4 Å². The Morgan fingerprint density at radius 3 is 2.50 bits per heavy atom. The molecule has 2 aromatic carbocycles. The van der Waals surface area contributed by atoms with Gasteiger partial charge in [0.2, 0.25) is 5.91 Å². The number of benzene rings is 2. The molecule has 0 saturated carbocycles. The molecule has 1 heterocycles. The number of amides is 2. The van der Waals surface area contributed by atoms with E-state index in [1.54, 1.807) is 0 Å². The summed E-state index contributed by atoms with van der Waals surface area (Å²) in [5.74, 6) is -1.14. The van der Waals surface area contributed by atoms with Crippen LogP contribution in [0.25, 0.3) is 5.69 Å². The number of alkyl halides is 3. The van der Waals surface area contributed by atoms with Crippen molar-refractivity contribution in [3.8, 4) is 5.69 Å². The van der Waals surface area contributed by atoms with Crippen LogP contribution in [0.1, 0.15) is 39.3 Å². The summed E-state index contributed by atoms with van der Waals surface area (Å²) in [5.41, 5.74) is 7.19. The van der Waals surface area contributed by atoms with Crippen molar-refractivity contribution in [3.63, 3.8) is 0 Å². The highest BCUT2D eigenvalue weighted by atomic mass is 19.4. The van der Waals surface area contributed by atoms with Crippen LogP contribution in [0, 0.1) is 0 Å². The molecule has 1 aliphatic carbocycles. The molecule has 166 valence electrons. The van der Waals surface area contributed by atoms with E-state index in [0.29, 0.717) is 24.1 Å². The summed E-state index contributed by atoms with van der Waals surface area (Å²) in [6.45, 7) is -0.132. The fourth-order valence-corrected chi connectivity index (χ4v) is 3.98. The van der Waals surface area contributed by atoms with Crippen LogP contribution in [0.5, 0.6) is 0 Å². The molecular formula is C23H21F3N4O2. The minimum atomic E-state index is -4.49. The van der Waals surface area contributed by atoms with E-state index in [9.17, 15) is 22.8 Å². The van der Waals surface area contributed by atoms with Crippen LogP contribution in [0.4, 0.5) is 13.2 Å². The van der Waals surface area contributed by atoms with E-state index >= 15 is 0 Å². The molecule has 0 spiro atoms. The highest BCUT2D eigenvalue weighted by molar-refractivity contribution is 5.96. The molecule has 0 unspecified atom stereocenters. The smallest absolute Gasteiger partial charge is 0.368 e. The minimum Gasteiger partial charge on any atom is -0.368 e. The first-order valence-electron chi connectivity index (χ1n) is 10.1. The molecule has 0 atom stereocenters. The summed E-state index contributed by atoms with van der Waals surface area (Å²) in [6.07, 6.45) is -2.54. The van der Waals surface area contributed by atoms with Gasteiger partial charge in [0.1, 0.15) is 6.54 Å². The van der Waals surface area contributed by atoms with Crippen molar-refractivity contribution in [3.05, 3.63) is 82.7 Å². The van der Waals surface area contributed by atoms with Gasteiger partial charge < -0.3 is 10.6 Å². The monoisotopic (exact) mass is 442 g/mol. The van der Waals surface area contributed by atoms with Crippen LogP contribution in [0.15, 0.2) is 54.6 Å². The van der Waals surface area contributed by atoms with Crippen molar-refractivity contribution >= 4 is 11.8 Å². The Morgan fingerprint density at radius 1 is 1.06 bits per heavy atom. The maximum atomic E-state index is 13.4. The highest BCUT2D eigenvalue weighted by Crippen LogP contribution is 2.33. The van der Waals surface area contributed by atoms with Crippen LogP contribution in [-0.2, 0) is 30.4 Å². The molecule has 0 saturated heterocycles. The predicted octanol–water partition coefficient (Wildman–Crippen LogP) is 3.51. The van der Waals surface area contributed by atoms with Crippen LogP contribution in [-0.4, -0.2) is 33.0 Å². The first-order valence-corrected chi connectivity index (χ1v) is 10.1. The van der Waals surface area contributed by atoms with Gasteiger partial charge in [-0.2, -0.15) is 18.3 Å². The molecule has 0 fully saturated rings. The third kappa shape index (κ3) is 4.37. The molecule has 0 aliphatic heterocycles. The number of halogens is 3. The number of fused-ring (bicyclic) bond motifs is 1. The number of hydrogen-bond donors (Lipinski definition) is 1. The average molecular weight is 442 g/mol. The molecule has 1 aromatic heterocycles. The molecular weight excluding hydrogens is 421 g/mol. The zero-order chi connectivity index (χ0) is 22.9.